The standard InChI is InChI=1S/C13H24N4S/c1-3-17-13(15-10-16-17)9-12(14-2)8-11-4-6-18-7-5-11/h10-12,14H,3-9H2,1-2H3. The highest BCUT2D eigenvalue weighted by atomic mass is 32.2. The molecule has 1 saturated heterocycles. The third kappa shape index (κ3) is 3.72. The van der Waals surface area contributed by atoms with Crippen LogP contribution in [0.4, 0.5) is 0 Å². The molecular formula is C13H24N4S. The Bertz CT molecular complexity index is 347. The molecule has 0 saturated carbocycles. The average molecular weight is 268 g/mol. The van der Waals surface area contributed by atoms with Gasteiger partial charge >= 0.3 is 0 Å². The fourth-order valence-corrected chi connectivity index (χ4v) is 3.82. The van der Waals surface area contributed by atoms with E-state index in [-0.39, 0.29) is 0 Å². The van der Waals surface area contributed by atoms with E-state index in [9.17, 15) is 0 Å². The highest BCUT2D eigenvalue weighted by molar-refractivity contribution is 7.99. The Morgan fingerprint density at radius 1 is 1.50 bits per heavy atom. The maximum absolute atomic E-state index is 4.38. The first-order valence-electron chi connectivity index (χ1n) is 6.95. The van der Waals surface area contributed by atoms with Crippen LogP contribution in [0, 0.1) is 5.92 Å². The van der Waals surface area contributed by atoms with E-state index in [4.69, 9.17) is 0 Å². The normalized spacial score (nSPS) is 19.0. The highest BCUT2D eigenvalue weighted by Gasteiger charge is 2.19. The van der Waals surface area contributed by atoms with Crippen molar-refractivity contribution in [3.63, 3.8) is 0 Å². The average Bonchev–Trinajstić information content (AvgIpc) is 2.86. The summed E-state index contributed by atoms with van der Waals surface area (Å²) in [6, 6.07) is 0.535. The van der Waals surface area contributed by atoms with Crippen LogP contribution in [-0.4, -0.2) is 39.4 Å². The molecule has 4 nitrogen and oxygen atoms in total. The summed E-state index contributed by atoms with van der Waals surface area (Å²) >= 11 is 2.10. The molecule has 1 aromatic heterocycles. The molecule has 0 aromatic carbocycles. The number of thioether (sulfide) groups is 1. The minimum Gasteiger partial charge on any atom is -0.317 e. The van der Waals surface area contributed by atoms with Crippen LogP contribution in [0.15, 0.2) is 6.33 Å². The zero-order chi connectivity index (χ0) is 12.8. The summed E-state index contributed by atoms with van der Waals surface area (Å²) in [5, 5.41) is 7.69. The van der Waals surface area contributed by atoms with Gasteiger partial charge in [-0.2, -0.15) is 16.9 Å². The van der Waals surface area contributed by atoms with Crippen molar-refractivity contribution >= 4 is 11.8 Å². The van der Waals surface area contributed by atoms with Gasteiger partial charge < -0.3 is 5.32 Å². The molecule has 2 rings (SSSR count). The van der Waals surface area contributed by atoms with Crippen molar-refractivity contribution in [2.75, 3.05) is 18.6 Å². The third-order valence-electron chi connectivity index (χ3n) is 3.79. The van der Waals surface area contributed by atoms with Gasteiger partial charge in [0, 0.05) is 19.0 Å². The molecule has 1 aliphatic heterocycles. The van der Waals surface area contributed by atoms with Crippen molar-refractivity contribution in [3.05, 3.63) is 12.2 Å². The van der Waals surface area contributed by atoms with Crippen molar-refractivity contribution in [1.82, 2.24) is 20.1 Å². The lowest BCUT2D eigenvalue weighted by molar-refractivity contribution is 0.369. The molecule has 0 spiro atoms. The summed E-state index contributed by atoms with van der Waals surface area (Å²) in [4.78, 5) is 4.38. The zero-order valence-corrected chi connectivity index (χ0v) is 12.2. The minimum absolute atomic E-state index is 0.535. The maximum atomic E-state index is 4.38. The van der Waals surface area contributed by atoms with E-state index < -0.39 is 0 Å². The van der Waals surface area contributed by atoms with Crippen LogP contribution in [0.3, 0.4) is 0 Å². The molecule has 1 fully saturated rings. The molecule has 102 valence electrons. The monoisotopic (exact) mass is 268 g/mol. The molecule has 5 heteroatoms. The molecule has 1 aliphatic rings. The van der Waals surface area contributed by atoms with E-state index in [0.717, 1.165) is 24.7 Å². The van der Waals surface area contributed by atoms with Gasteiger partial charge in [-0.1, -0.05) is 0 Å². The van der Waals surface area contributed by atoms with Gasteiger partial charge in [-0.25, -0.2) is 4.98 Å². The van der Waals surface area contributed by atoms with Gasteiger partial charge in [-0.05, 0) is 50.7 Å². The van der Waals surface area contributed by atoms with Gasteiger partial charge in [0.1, 0.15) is 12.2 Å². The number of aryl methyl sites for hydroxylation is 1. The van der Waals surface area contributed by atoms with Crippen molar-refractivity contribution in [2.45, 2.75) is 45.2 Å². The van der Waals surface area contributed by atoms with E-state index in [1.54, 1.807) is 6.33 Å². The first-order valence-corrected chi connectivity index (χ1v) is 8.10. The van der Waals surface area contributed by atoms with Crippen LogP contribution >= 0.6 is 11.8 Å². The van der Waals surface area contributed by atoms with Crippen molar-refractivity contribution in [1.29, 1.82) is 0 Å². The summed E-state index contributed by atoms with van der Waals surface area (Å²) in [6.45, 7) is 3.02. The first kappa shape index (κ1) is 13.9. The van der Waals surface area contributed by atoms with Crippen LogP contribution in [0.25, 0.3) is 0 Å². The second-order valence-corrected chi connectivity index (χ2v) is 6.20. The predicted octanol–water partition coefficient (Wildman–Crippen LogP) is 1.96. The zero-order valence-electron chi connectivity index (χ0n) is 11.4. The quantitative estimate of drug-likeness (QED) is 0.856. The summed E-state index contributed by atoms with van der Waals surface area (Å²) in [7, 11) is 2.06. The summed E-state index contributed by atoms with van der Waals surface area (Å²) in [5.74, 6) is 4.68. The van der Waals surface area contributed by atoms with E-state index in [1.807, 2.05) is 4.68 Å². The lowest BCUT2D eigenvalue weighted by Crippen LogP contribution is -2.32. The summed E-state index contributed by atoms with van der Waals surface area (Å²) in [5.41, 5.74) is 0. The van der Waals surface area contributed by atoms with Crippen molar-refractivity contribution in [3.8, 4) is 0 Å². The number of hydrogen-bond donors (Lipinski definition) is 1. The van der Waals surface area contributed by atoms with E-state index in [0.29, 0.717) is 6.04 Å². The highest BCUT2D eigenvalue weighted by Crippen LogP contribution is 2.26. The molecule has 0 radical (unpaired) electrons. The Morgan fingerprint density at radius 2 is 2.28 bits per heavy atom. The molecule has 1 aromatic rings. The molecular weight excluding hydrogens is 244 g/mol. The van der Waals surface area contributed by atoms with Gasteiger partial charge in [-0.15, -0.1) is 0 Å². The van der Waals surface area contributed by atoms with E-state index in [2.05, 4.69) is 41.1 Å². The third-order valence-corrected chi connectivity index (χ3v) is 4.84. The first-order chi connectivity index (χ1) is 8.83. The Balaban J connectivity index is 1.88. The number of likely N-dealkylation sites (N-methyl/N-ethyl adjacent to an activating group) is 1. The minimum atomic E-state index is 0.535. The van der Waals surface area contributed by atoms with Crippen molar-refractivity contribution < 1.29 is 0 Å². The van der Waals surface area contributed by atoms with Crippen LogP contribution in [0.5, 0.6) is 0 Å². The molecule has 1 N–H and O–H groups in total. The van der Waals surface area contributed by atoms with Crippen LogP contribution in [-0.2, 0) is 13.0 Å². The predicted molar refractivity (Wildman–Crippen MR) is 76.9 cm³/mol. The summed E-state index contributed by atoms with van der Waals surface area (Å²) < 4.78 is 2.00. The maximum Gasteiger partial charge on any atom is 0.138 e. The number of nitrogens with one attached hydrogen (secondary N) is 1. The van der Waals surface area contributed by atoms with Gasteiger partial charge in [0.2, 0.25) is 0 Å². The van der Waals surface area contributed by atoms with Crippen LogP contribution < -0.4 is 5.32 Å². The lowest BCUT2D eigenvalue weighted by atomic mass is 9.93. The Labute approximate surface area is 114 Å². The fourth-order valence-electron chi connectivity index (χ4n) is 2.62. The smallest absolute Gasteiger partial charge is 0.138 e. The van der Waals surface area contributed by atoms with Crippen LogP contribution in [0.1, 0.15) is 32.0 Å². The fraction of sp³-hybridized carbons (Fsp3) is 0.846. The Kier molecular flexibility index (Phi) is 5.50. The SMILES string of the molecule is CCn1ncnc1CC(CC1CCSCC1)NC. The second kappa shape index (κ2) is 7.14. The largest absolute Gasteiger partial charge is 0.317 e. The van der Waals surface area contributed by atoms with Gasteiger partial charge in [0.15, 0.2) is 0 Å². The van der Waals surface area contributed by atoms with Gasteiger partial charge in [0.25, 0.3) is 0 Å². The number of aromatic nitrogens is 3. The second-order valence-electron chi connectivity index (χ2n) is 4.97. The number of rotatable bonds is 6. The molecule has 0 aliphatic carbocycles. The molecule has 18 heavy (non-hydrogen) atoms. The lowest BCUT2D eigenvalue weighted by Gasteiger charge is -2.26. The van der Waals surface area contributed by atoms with Crippen LogP contribution in [0.2, 0.25) is 0 Å². The van der Waals surface area contributed by atoms with Gasteiger partial charge in [-0.3, -0.25) is 4.68 Å². The van der Waals surface area contributed by atoms with Gasteiger partial charge in [0.05, 0.1) is 0 Å². The molecule has 0 bridgehead atoms. The Morgan fingerprint density at radius 3 is 2.94 bits per heavy atom. The topological polar surface area (TPSA) is 42.7 Å². The molecule has 0 amide bonds. The van der Waals surface area contributed by atoms with E-state index in [1.165, 1.54) is 30.8 Å². The number of hydrogen-bond acceptors (Lipinski definition) is 4. The molecule has 1 unspecified atom stereocenters. The van der Waals surface area contributed by atoms with Crippen molar-refractivity contribution in [2.24, 2.45) is 5.92 Å². The van der Waals surface area contributed by atoms with E-state index >= 15 is 0 Å². The number of nitrogens with zero attached hydrogens (tertiary/aromatic N) is 3. The Hall–Kier alpha value is -0.550. The molecule has 2 heterocycles. The molecule has 1 atom stereocenters. The summed E-state index contributed by atoms with van der Waals surface area (Å²) in [6.07, 6.45) is 6.69.